The molecule has 4 heterocycles. The van der Waals surface area contributed by atoms with E-state index >= 15 is 0 Å². The SMILES string of the molecule is CC1CN(c2ncccc2Cl)CCN1C1=CCC(c2cccnc2)=NC(Cl)=N1. The summed E-state index contributed by atoms with van der Waals surface area (Å²) in [5, 5.41) is 0.914. The van der Waals surface area contributed by atoms with Gasteiger partial charge in [0.2, 0.25) is 5.29 Å². The molecule has 1 unspecified atom stereocenters. The number of pyridine rings is 2. The average Bonchev–Trinajstić information content (AvgIpc) is 2.90. The van der Waals surface area contributed by atoms with Gasteiger partial charge in [0.1, 0.15) is 11.6 Å². The van der Waals surface area contributed by atoms with Crippen LogP contribution in [0, 0.1) is 0 Å². The van der Waals surface area contributed by atoms with Crippen LogP contribution in [0.1, 0.15) is 18.9 Å². The molecule has 0 amide bonds. The predicted molar refractivity (Wildman–Crippen MR) is 114 cm³/mol. The van der Waals surface area contributed by atoms with E-state index in [-0.39, 0.29) is 11.3 Å². The summed E-state index contributed by atoms with van der Waals surface area (Å²) >= 11 is 12.6. The molecule has 6 nitrogen and oxygen atoms in total. The van der Waals surface area contributed by atoms with E-state index in [1.54, 1.807) is 18.6 Å². The molecular weight excluding hydrogens is 395 g/mol. The van der Waals surface area contributed by atoms with Crippen molar-refractivity contribution in [3.05, 3.63) is 65.3 Å². The van der Waals surface area contributed by atoms with E-state index in [9.17, 15) is 0 Å². The molecular formula is C20H20Cl2N6. The lowest BCUT2D eigenvalue weighted by Crippen LogP contribution is -2.51. The van der Waals surface area contributed by atoms with Crippen LogP contribution in [0.5, 0.6) is 0 Å². The smallest absolute Gasteiger partial charge is 0.224 e. The first-order valence-electron chi connectivity index (χ1n) is 9.16. The van der Waals surface area contributed by atoms with Crippen molar-refractivity contribution in [2.24, 2.45) is 9.98 Å². The number of nitrogens with zero attached hydrogens (tertiary/aromatic N) is 6. The third-order valence-electron chi connectivity index (χ3n) is 4.87. The van der Waals surface area contributed by atoms with Crippen molar-refractivity contribution in [1.82, 2.24) is 14.9 Å². The number of hydrogen-bond donors (Lipinski definition) is 0. The Balaban J connectivity index is 1.50. The van der Waals surface area contributed by atoms with Crippen LogP contribution in [-0.2, 0) is 0 Å². The van der Waals surface area contributed by atoms with Gasteiger partial charge in [-0.3, -0.25) is 4.98 Å². The second kappa shape index (κ2) is 8.29. The second-order valence-corrected chi connectivity index (χ2v) is 7.49. The standard InChI is InChI=1S/C20H20Cl2N6/c1-14-13-27(19-16(21)5-3-9-24-19)10-11-28(14)18-7-6-17(25-20(22)26-18)15-4-2-8-23-12-15/h2-5,7-9,12,14H,6,10-11,13H2,1H3. The number of rotatable bonds is 3. The van der Waals surface area contributed by atoms with E-state index < -0.39 is 0 Å². The van der Waals surface area contributed by atoms with Crippen molar-refractivity contribution in [2.75, 3.05) is 24.5 Å². The van der Waals surface area contributed by atoms with Crippen LogP contribution < -0.4 is 4.90 Å². The van der Waals surface area contributed by atoms with Crippen LogP contribution in [0.15, 0.2) is 64.7 Å². The first-order valence-corrected chi connectivity index (χ1v) is 9.92. The topological polar surface area (TPSA) is 57.0 Å². The van der Waals surface area contributed by atoms with Gasteiger partial charge >= 0.3 is 0 Å². The molecule has 1 fully saturated rings. The van der Waals surface area contributed by atoms with Gasteiger partial charge in [0.05, 0.1) is 10.7 Å². The van der Waals surface area contributed by atoms with Gasteiger partial charge in [0, 0.05) is 56.3 Å². The lowest BCUT2D eigenvalue weighted by Gasteiger charge is -2.41. The van der Waals surface area contributed by atoms with Gasteiger partial charge in [-0.05, 0) is 42.8 Å². The summed E-state index contributed by atoms with van der Waals surface area (Å²) < 4.78 is 0. The zero-order valence-corrected chi connectivity index (χ0v) is 17.0. The molecule has 0 saturated carbocycles. The fraction of sp³-hybridized carbons (Fsp3) is 0.300. The van der Waals surface area contributed by atoms with E-state index in [1.165, 1.54) is 0 Å². The highest BCUT2D eigenvalue weighted by atomic mass is 35.5. The third-order valence-corrected chi connectivity index (χ3v) is 5.33. The molecule has 0 aliphatic carbocycles. The van der Waals surface area contributed by atoms with Crippen LogP contribution in [0.3, 0.4) is 0 Å². The first kappa shape index (κ1) is 18.9. The molecule has 2 aromatic heterocycles. The van der Waals surface area contributed by atoms with Gasteiger partial charge in [0.25, 0.3) is 0 Å². The van der Waals surface area contributed by atoms with Gasteiger partial charge in [-0.1, -0.05) is 17.7 Å². The monoisotopic (exact) mass is 414 g/mol. The average molecular weight is 415 g/mol. The van der Waals surface area contributed by atoms with Crippen LogP contribution in [-0.4, -0.2) is 51.6 Å². The molecule has 4 rings (SSSR count). The van der Waals surface area contributed by atoms with Crippen LogP contribution in [0.2, 0.25) is 5.02 Å². The van der Waals surface area contributed by atoms with Gasteiger partial charge in [-0.25, -0.2) is 15.0 Å². The quantitative estimate of drug-likeness (QED) is 0.712. The summed E-state index contributed by atoms with van der Waals surface area (Å²) in [6.07, 6.45) is 8.04. The van der Waals surface area contributed by atoms with Crippen molar-refractivity contribution < 1.29 is 0 Å². The lowest BCUT2D eigenvalue weighted by molar-refractivity contribution is 0.240. The maximum atomic E-state index is 6.32. The summed E-state index contributed by atoms with van der Waals surface area (Å²) in [5.74, 6) is 1.68. The Morgan fingerprint density at radius 2 is 1.93 bits per heavy atom. The van der Waals surface area contributed by atoms with E-state index in [1.807, 2.05) is 24.3 Å². The summed E-state index contributed by atoms with van der Waals surface area (Å²) in [6, 6.07) is 7.82. The molecule has 144 valence electrons. The Hall–Kier alpha value is -2.44. The van der Waals surface area contributed by atoms with Crippen LogP contribution >= 0.6 is 23.2 Å². The molecule has 0 spiro atoms. The molecule has 2 aromatic rings. The second-order valence-electron chi connectivity index (χ2n) is 6.74. The maximum absolute atomic E-state index is 6.32. The number of aliphatic imine (C=N–C) groups is 2. The highest BCUT2D eigenvalue weighted by molar-refractivity contribution is 6.66. The number of halogens is 2. The maximum Gasteiger partial charge on any atom is 0.224 e. The van der Waals surface area contributed by atoms with Crippen molar-refractivity contribution >= 4 is 40.0 Å². The van der Waals surface area contributed by atoms with Crippen LogP contribution in [0.25, 0.3) is 0 Å². The Kier molecular flexibility index (Phi) is 5.59. The summed E-state index contributed by atoms with van der Waals surface area (Å²) in [5.41, 5.74) is 1.82. The van der Waals surface area contributed by atoms with Crippen LogP contribution in [0.4, 0.5) is 5.82 Å². The minimum Gasteiger partial charge on any atom is -0.352 e. The zero-order chi connectivity index (χ0) is 19.5. The predicted octanol–water partition coefficient (Wildman–Crippen LogP) is 3.97. The molecule has 1 saturated heterocycles. The summed E-state index contributed by atoms with van der Waals surface area (Å²) in [6.45, 7) is 4.58. The Morgan fingerprint density at radius 1 is 1.07 bits per heavy atom. The molecule has 0 bridgehead atoms. The van der Waals surface area contributed by atoms with Gasteiger partial charge < -0.3 is 9.80 Å². The molecule has 0 radical (unpaired) electrons. The van der Waals surface area contributed by atoms with Gasteiger partial charge in [-0.15, -0.1) is 0 Å². The van der Waals surface area contributed by atoms with Gasteiger partial charge in [-0.2, -0.15) is 0 Å². The number of anilines is 1. The van der Waals surface area contributed by atoms with E-state index in [0.717, 1.165) is 42.5 Å². The van der Waals surface area contributed by atoms with Gasteiger partial charge in [0.15, 0.2) is 0 Å². The number of aromatic nitrogens is 2. The number of hydrogen-bond acceptors (Lipinski definition) is 6. The first-order chi connectivity index (χ1) is 13.6. The lowest BCUT2D eigenvalue weighted by atomic mass is 10.1. The van der Waals surface area contributed by atoms with Crippen molar-refractivity contribution in [2.45, 2.75) is 19.4 Å². The Bertz CT molecular complexity index is 941. The fourth-order valence-electron chi connectivity index (χ4n) is 3.51. The molecule has 0 aromatic carbocycles. The van der Waals surface area contributed by atoms with Crippen molar-refractivity contribution in [3.8, 4) is 0 Å². The zero-order valence-electron chi connectivity index (χ0n) is 15.5. The molecule has 2 aliphatic heterocycles. The highest BCUT2D eigenvalue weighted by Gasteiger charge is 2.27. The summed E-state index contributed by atoms with van der Waals surface area (Å²) in [7, 11) is 0. The minimum absolute atomic E-state index is 0.228. The van der Waals surface area contributed by atoms with Crippen molar-refractivity contribution in [1.29, 1.82) is 0 Å². The molecule has 2 aliphatic rings. The number of piperazine rings is 1. The number of allylic oxidation sites excluding steroid dienone is 1. The molecule has 0 N–H and O–H groups in total. The van der Waals surface area contributed by atoms with E-state index in [0.29, 0.717) is 11.4 Å². The van der Waals surface area contributed by atoms with E-state index in [2.05, 4.69) is 42.8 Å². The summed E-state index contributed by atoms with van der Waals surface area (Å²) in [4.78, 5) is 22.1. The third kappa shape index (κ3) is 4.03. The minimum atomic E-state index is 0.228. The largest absolute Gasteiger partial charge is 0.352 e. The molecule has 8 heteroatoms. The van der Waals surface area contributed by atoms with E-state index in [4.69, 9.17) is 23.2 Å². The Morgan fingerprint density at radius 3 is 2.68 bits per heavy atom. The normalized spacial score (nSPS) is 20.2. The fourth-order valence-corrected chi connectivity index (χ4v) is 3.94. The Labute approximate surface area is 174 Å². The molecule has 1 atom stereocenters. The molecule has 28 heavy (non-hydrogen) atoms. The number of amidine groups is 1. The van der Waals surface area contributed by atoms with Crippen molar-refractivity contribution in [3.63, 3.8) is 0 Å². The highest BCUT2D eigenvalue weighted by Crippen LogP contribution is 2.27.